The zero-order valence-corrected chi connectivity index (χ0v) is 16.6. The lowest BCUT2D eigenvalue weighted by Crippen LogP contribution is -2.36. The molecule has 0 unspecified atom stereocenters. The quantitative estimate of drug-likeness (QED) is 0.568. The summed E-state index contributed by atoms with van der Waals surface area (Å²) in [6, 6.07) is 12.2. The van der Waals surface area contributed by atoms with Crippen molar-refractivity contribution < 1.29 is 9.47 Å². The van der Waals surface area contributed by atoms with E-state index in [9.17, 15) is 0 Å². The van der Waals surface area contributed by atoms with Gasteiger partial charge in [0.25, 0.3) is 0 Å². The topological polar surface area (TPSA) is 54.9 Å². The molecule has 0 amide bonds. The first kappa shape index (κ1) is 19.1. The van der Waals surface area contributed by atoms with E-state index in [1.54, 1.807) is 21.3 Å². The predicted octanol–water partition coefficient (Wildman–Crippen LogP) is 3.64. The molecule has 0 saturated carbocycles. The first-order valence-corrected chi connectivity index (χ1v) is 8.77. The molecule has 25 heavy (non-hydrogen) atoms. The first-order chi connectivity index (χ1) is 12.1. The van der Waals surface area contributed by atoms with Crippen molar-refractivity contribution >= 4 is 21.9 Å². The van der Waals surface area contributed by atoms with Crippen molar-refractivity contribution in [3.05, 3.63) is 57.6 Å². The van der Waals surface area contributed by atoms with Crippen molar-refractivity contribution in [2.45, 2.75) is 20.0 Å². The van der Waals surface area contributed by atoms with Crippen molar-refractivity contribution in [2.75, 3.05) is 21.3 Å². The number of nitrogens with zero attached hydrogens (tertiary/aromatic N) is 1. The fraction of sp³-hybridized carbons (Fsp3) is 0.316. The fourth-order valence-corrected chi connectivity index (χ4v) is 2.88. The molecule has 6 heteroatoms. The Morgan fingerprint density at radius 3 is 2.20 bits per heavy atom. The molecule has 0 bridgehead atoms. The Kier molecular flexibility index (Phi) is 7.13. The van der Waals surface area contributed by atoms with Crippen LogP contribution in [0.5, 0.6) is 11.5 Å². The summed E-state index contributed by atoms with van der Waals surface area (Å²) in [5.74, 6) is 2.13. The number of rotatable bonds is 6. The zero-order valence-electron chi connectivity index (χ0n) is 15.0. The van der Waals surface area contributed by atoms with E-state index in [0.29, 0.717) is 18.0 Å². The number of nitrogens with one attached hydrogen (secondary N) is 2. The lowest BCUT2D eigenvalue weighted by Gasteiger charge is -2.15. The van der Waals surface area contributed by atoms with Crippen LogP contribution in [0.25, 0.3) is 0 Å². The van der Waals surface area contributed by atoms with Gasteiger partial charge in [-0.1, -0.05) is 40.2 Å². The molecule has 0 aliphatic rings. The normalized spacial score (nSPS) is 11.2. The van der Waals surface area contributed by atoms with Gasteiger partial charge < -0.3 is 20.1 Å². The summed E-state index contributed by atoms with van der Waals surface area (Å²) in [7, 11) is 5.02. The van der Waals surface area contributed by atoms with Crippen molar-refractivity contribution in [1.29, 1.82) is 0 Å². The molecular weight excluding hydrogens is 382 g/mol. The Balaban J connectivity index is 2.00. The number of benzene rings is 2. The summed E-state index contributed by atoms with van der Waals surface area (Å²) in [6.45, 7) is 3.43. The van der Waals surface area contributed by atoms with Crippen molar-refractivity contribution in [3.8, 4) is 11.5 Å². The highest BCUT2D eigenvalue weighted by molar-refractivity contribution is 9.10. The van der Waals surface area contributed by atoms with Crippen LogP contribution in [0.1, 0.15) is 16.7 Å². The Hall–Kier alpha value is -2.21. The number of halogens is 1. The number of guanidine groups is 1. The Labute approximate surface area is 157 Å². The Morgan fingerprint density at radius 2 is 1.60 bits per heavy atom. The fourth-order valence-electron chi connectivity index (χ4n) is 2.42. The van der Waals surface area contributed by atoms with Crippen LogP contribution in [0, 0.1) is 6.92 Å². The number of hydrogen-bond acceptors (Lipinski definition) is 3. The number of methoxy groups -OCH3 is 2. The summed E-state index contributed by atoms with van der Waals surface area (Å²) in [4.78, 5) is 4.28. The first-order valence-electron chi connectivity index (χ1n) is 7.98. The second-order valence-electron chi connectivity index (χ2n) is 5.50. The molecule has 0 atom stereocenters. The van der Waals surface area contributed by atoms with E-state index >= 15 is 0 Å². The van der Waals surface area contributed by atoms with Gasteiger partial charge in [0.2, 0.25) is 0 Å². The summed E-state index contributed by atoms with van der Waals surface area (Å²) in [5.41, 5.74) is 3.56. The van der Waals surface area contributed by atoms with Gasteiger partial charge in [-0.15, -0.1) is 0 Å². The van der Waals surface area contributed by atoms with Crippen LogP contribution < -0.4 is 20.1 Å². The second kappa shape index (κ2) is 9.32. The summed E-state index contributed by atoms with van der Waals surface area (Å²) >= 11 is 3.57. The van der Waals surface area contributed by atoms with E-state index < -0.39 is 0 Å². The summed E-state index contributed by atoms with van der Waals surface area (Å²) in [5, 5.41) is 6.65. The van der Waals surface area contributed by atoms with Gasteiger partial charge in [0, 0.05) is 24.6 Å². The minimum absolute atomic E-state index is 0.606. The monoisotopic (exact) mass is 405 g/mol. The van der Waals surface area contributed by atoms with Crippen LogP contribution in [-0.2, 0) is 13.1 Å². The third-order valence-electron chi connectivity index (χ3n) is 3.93. The standard InChI is InChI=1S/C19H24BrN3O2/c1-13-7-5-6-8-14(13)11-22-19(21-2)23-12-15-9-17(24-3)18(25-4)10-16(15)20/h5-10H,11-12H2,1-4H3,(H2,21,22,23). The van der Waals surface area contributed by atoms with E-state index in [-0.39, 0.29) is 0 Å². The summed E-state index contributed by atoms with van der Waals surface area (Å²) in [6.07, 6.45) is 0. The molecule has 2 aromatic carbocycles. The largest absolute Gasteiger partial charge is 0.493 e. The molecule has 0 aromatic heterocycles. The number of hydrogen-bond donors (Lipinski definition) is 2. The Bertz CT molecular complexity index is 747. The smallest absolute Gasteiger partial charge is 0.191 e. The third kappa shape index (κ3) is 5.13. The van der Waals surface area contributed by atoms with E-state index in [2.05, 4.69) is 50.6 Å². The highest BCUT2D eigenvalue weighted by Gasteiger charge is 2.10. The van der Waals surface area contributed by atoms with Gasteiger partial charge in [-0.2, -0.15) is 0 Å². The highest BCUT2D eigenvalue weighted by Crippen LogP contribution is 2.33. The molecule has 0 radical (unpaired) electrons. The van der Waals surface area contributed by atoms with Crippen molar-refractivity contribution in [1.82, 2.24) is 10.6 Å². The van der Waals surface area contributed by atoms with Crippen LogP contribution in [0.2, 0.25) is 0 Å². The lowest BCUT2D eigenvalue weighted by atomic mass is 10.1. The van der Waals surface area contributed by atoms with Gasteiger partial charge in [0.1, 0.15) is 0 Å². The molecule has 0 saturated heterocycles. The molecule has 0 spiro atoms. The lowest BCUT2D eigenvalue weighted by molar-refractivity contribution is 0.354. The highest BCUT2D eigenvalue weighted by atomic mass is 79.9. The van der Waals surface area contributed by atoms with Crippen LogP contribution >= 0.6 is 15.9 Å². The van der Waals surface area contributed by atoms with Crippen LogP contribution in [0.15, 0.2) is 45.9 Å². The molecule has 0 aliphatic heterocycles. The van der Waals surface area contributed by atoms with Gasteiger partial charge in [0.05, 0.1) is 14.2 Å². The van der Waals surface area contributed by atoms with E-state index in [4.69, 9.17) is 9.47 Å². The molecule has 0 fully saturated rings. The van der Waals surface area contributed by atoms with E-state index in [0.717, 1.165) is 22.5 Å². The van der Waals surface area contributed by atoms with Gasteiger partial charge in [-0.3, -0.25) is 4.99 Å². The molecular formula is C19H24BrN3O2. The van der Waals surface area contributed by atoms with E-state index in [1.807, 2.05) is 24.3 Å². The molecule has 2 aromatic rings. The number of ether oxygens (including phenoxy) is 2. The molecule has 0 heterocycles. The minimum Gasteiger partial charge on any atom is -0.493 e. The van der Waals surface area contributed by atoms with Gasteiger partial charge in [0.15, 0.2) is 17.5 Å². The second-order valence-corrected chi connectivity index (χ2v) is 6.36. The molecule has 2 rings (SSSR count). The minimum atomic E-state index is 0.606. The molecule has 2 N–H and O–H groups in total. The maximum atomic E-state index is 5.36. The van der Waals surface area contributed by atoms with Gasteiger partial charge in [-0.25, -0.2) is 0 Å². The van der Waals surface area contributed by atoms with Crippen molar-refractivity contribution in [2.24, 2.45) is 4.99 Å². The van der Waals surface area contributed by atoms with Gasteiger partial charge >= 0.3 is 0 Å². The molecule has 5 nitrogen and oxygen atoms in total. The number of aryl methyl sites for hydroxylation is 1. The zero-order chi connectivity index (χ0) is 18.2. The summed E-state index contributed by atoms with van der Waals surface area (Å²) < 4.78 is 11.6. The molecule has 0 aliphatic carbocycles. The maximum absolute atomic E-state index is 5.36. The van der Waals surface area contributed by atoms with Crippen molar-refractivity contribution in [3.63, 3.8) is 0 Å². The third-order valence-corrected chi connectivity index (χ3v) is 4.67. The van der Waals surface area contributed by atoms with Gasteiger partial charge in [-0.05, 0) is 35.7 Å². The van der Waals surface area contributed by atoms with E-state index in [1.165, 1.54) is 11.1 Å². The number of aliphatic imine (C=N–C) groups is 1. The van der Waals surface area contributed by atoms with Crippen LogP contribution in [0.4, 0.5) is 0 Å². The van der Waals surface area contributed by atoms with Crippen LogP contribution in [-0.4, -0.2) is 27.2 Å². The SMILES string of the molecule is CN=C(NCc1ccccc1C)NCc1cc(OC)c(OC)cc1Br. The predicted molar refractivity (Wildman–Crippen MR) is 105 cm³/mol. The average molecular weight is 406 g/mol. The maximum Gasteiger partial charge on any atom is 0.191 e. The van der Waals surface area contributed by atoms with Crippen LogP contribution in [0.3, 0.4) is 0 Å². The Morgan fingerprint density at radius 1 is 1.00 bits per heavy atom. The molecule has 134 valence electrons. The average Bonchev–Trinajstić information content (AvgIpc) is 2.63.